The Balaban J connectivity index is 1.75. The molecule has 2 aromatic rings. The Morgan fingerprint density at radius 1 is 1.29 bits per heavy atom. The molecule has 0 spiro atoms. The van der Waals surface area contributed by atoms with Crippen LogP contribution in [-0.2, 0) is 22.7 Å². The van der Waals surface area contributed by atoms with E-state index in [0.29, 0.717) is 12.6 Å². The SMILES string of the molecule is O=S(=O)(c1ccc(Cl)c(C(F)(F)F)c1)N1CC(Cn2cncn2)C1. The smallest absolute Gasteiger partial charge is 0.253 e. The lowest BCUT2D eigenvalue weighted by Gasteiger charge is -2.37. The topological polar surface area (TPSA) is 68.1 Å². The van der Waals surface area contributed by atoms with Gasteiger partial charge < -0.3 is 0 Å². The van der Waals surface area contributed by atoms with Crippen LogP contribution >= 0.6 is 11.6 Å². The lowest BCUT2D eigenvalue weighted by molar-refractivity contribution is -0.137. The van der Waals surface area contributed by atoms with Gasteiger partial charge in [0.2, 0.25) is 10.0 Å². The molecule has 0 saturated carbocycles. The Hall–Kier alpha value is -1.65. The fourth-order valence-electron chi connectivity index (χ4n) is 2.46. The van der Waals surface area contributed by atoms with Crippen LogP contribution in [-0.4, -0.2) is 40.6 Å². The molecule has 130 valence electrons. The first-order chi connectivity index (χ1) is 11.2. The summed E-state index contributed by atoms with van der Waals surface area (Å²) in [6.07, 6.45) is -1.82. The number of hydrogen-bond donors (Lipinski definition) is 0. The van der Waals surface area contributed by atoms with Crippen LogP contribution < -0.4 is 0 Å². The highest BCUT2D eigenvalue weighted by molar-refractivity contribution is 7.89. The maximum atomic E-state index is 12.9. The zero-order valence-corrected chi connectivity index (χ0v) is 13.7. The highest BCUT2D eigenvalue weighted by Crippen LogP contribution is 2.37. The number of aromatic nitrogens is 3. The van der Waals surface area contributed by atoms with Crippen molar-refractivity contribution in [2.75, 3.05) is 13.1 Å². The Bertz CT molecular complexity index is 833. The summed E-state index contributed by atoms with van der Waals surface area (Å²) in [5, 5.41) is 3.40. The molecular formula is C13H12ClF3N4O2S. The quantitative estimate of drug-likeness (QED) is 0.816. The lowest BCUT2D eigenvalue weighted by atomic mass is 10.0. The molecule has 6 nitrogen and oxygen atoms in total. The summed E-state index contributed by atoms with van der Waals surface area (Å²) >= 11 is 5.52. The maximum absolute atomic E-state index is 12.9. The molecule has 1 fully saturated rings. The minimum absolute atomic E-state index is 0.0378. The molecule has 24 heavy (non-hydrogen) atoms. The maximum Gasteiger partial charge on any atom is 0.417 e. The summed E-state index contributed by atoms with van der Waals surface area (Å²) in [6.45, 7) is 0.929. The number of halogens is 4. The van der Waals surface area contributed by atoms with Crippen LogP contribution in [0.3, 0.4) is 0 Å². The third-order valence-electron chi connectivity index (χ3n) is 3.72. The average molecular weight is 381 g/mol. The number of rotatable bonds is 4. The van der Waals surface area contributed by atoms with Gasteiger partial charge in [0.05, 0.1) is 15.5 Å². The summed E-state index contributed by atoms with van der Waals surface area (Å²) in [6, 6.07) is 2.60. The average Bonchev–Trinajstić information content (AvgIpc) is 2.94. The molecule has 11 heteroatoms. The molecule has 1 saturated heterocycles. The standard InChI is InChI=1S/C13H12ClF3N4O2S/c14-12-2-1-10(3-11(12)13(15,16)17)24(22,23)21-5-9(6-21)4-20-8-18-7-19-20/h1-3,7-9H,4-6H2. The Morgan fingerprint density at radius 2 is 2.00 bits per heavy atom. The van der Waals surface area contributed by atoms with Crippen molar-refractivity contribution < 1.29 is 21.6 Å². The van der Waals surface area contributed by atoms with Crippen LogP contribution in [0.4, 0.5) is 13.2 Å². The number of nitrogens with zero attached hydrogens (tertiary/aromatic N) is 4. The molecule has 1 aliphatic rings. The minimum atomic E-state index is -4.72. The monoisotopic (exact) mass is 380 g/mol. The van der Waals surface area contributed by atoms with Crippen molar-refractivity contribution in [2.24, 2.45) is 5.92 Å². The van der Waals surface area contributed by atoms with Crippen LogP contribution in [0.5, 0.6) is 0 Å². The molecular weight excluding hydrogens is 369 g/mol. The van der Waals surface area contributed by atoms with Gasteiger partial charge in [0.15, 0.2) is 0 Å². The zero-order valence-electron chi connectivity index (χ0n) is 12.1. The molecule has 0 amide bonds. The second-order valence-electron chi connectivity index (χ2n) is 5.44. The van der Waals surface area contributed by atoms with Crippen LogP contribution in [0.15, 0.2) is 35.7 Å². The normalized spacial score (nSPS) is 17.0. The molecule has 2 heterocycles. The lowest BCUT2D eigenvalue weighted by Crippen LogP contribution is -2.51. The third-order valence-corrected chi connectivity index (χ3v) is 5.87. The molecule has 0 unspecified atom stereocenters. The summed E-state index contributed by atoms with van der Waals surface area (Å²) in [5.74, 6) is 0.0378. The predicted molar refractivity (Wildman–Crippen MR) is 78.7 cm³/mol. The van der Waals surface area contributed by atoms with Gasteiger partial charge in [-0.05, 0) is 18.2 Å². The first-order valence-electron chi connectivity index (χ1n) is 6.87. The van der Waals surface area contributed by atoms with E-state index in [1.807, 2.05) is 0 Å². The summed E-state index contributed by atoms with van der Waals surface area (Å²) in [7, 11) is -3.98. The van der Waals surface area contributed by atoms with Gasteiger partial charge in [-0.25, -0.2) is 13.4 Å². The fraction of sp³-hybridized carbons (Fsp3) is 0.385. The molecule has 1 aromatic carbocycles. The van der Waals surface area contributed by atoms with E-state index in [-0.39, 0.29) is 19.0 Å². The number of benzene rings is 1. The van der Waals surface area contributed by atoms with Crippen LogP contribution in [0, 0.1) is 5.92 Å². The number of alkyl halides is 3. The van der Waals surface area contributed by atoms with Gasteiger partial charge in [0.1, 0.15) is 12.7 Å². The summed E-state index contributed by atoms with van der Waals surface area (Å²) in [4.78, 5) is 3.37. The van der Waals surface area contributed by atoms with Crippen molar-refractivity contribution in [1.29, 1.82) is 0 Å². The number of hydrogen-bond acceptors (Lipinski definition) is 4. The van der Waals surface area contributed by atoms with Gasteiger partial charge in [-0.2, -0.15) is 22.6 Å². The molecule has 1 aromatic heterocycles. The first-order valence-corrected chi connectivity index (χ1v) is 8.69. The van der Waals surface area contributed by atoms with Crippen molar-refractivity contribution in [3.63, 3.8) is 0 Å². The third kappa shape index (κ3) is 3.26. The van der Waals surface area contributed by atoms with Gasteiger partial charge in [0.25, 0.3) is 0 Å². The molecule has 0 N–H and O–H groups in total. The van der Waals surface area contributed by atoms with E-state index in [1.54, 1.807) is 4.68 Å². The summed E-state index contributed by atoms with van der Waals surface area (Å²) in [5.41, 5.74) is -1.16. The largest absolute Gasteiger partial charge is 0.417 e. The van der Waals surface area contributed by atoms with Crippen LogP contribution in [0.1, 0.15) is 5.56 Å². The van der Waals surface area contributed by atoms with Crippen molar-refractivity contribution in [3.8, 4) is 0 Å². The molecule has 0 bridgehead atoms. The predicted octanol–water partition coefficient (Wildman–Crippen LogP) is 2.27. The van der Waals surface area contributed by atoms with E-state index in [0.717, 1.165) is 16.4 Å². The second-order valence-corrected chi connectivity index (χ2v) is 7.79. The molecule has 0 atom stereocenters. The highest BCUT2D eigenvalue weighted by Gasteiger charge is 2.39. The van der Waals surface area contributed by atoms with E-state index < -0.39 is 31.7 Å². The van der Waals surface area contributed by atoms with E-state index in [1.165, 1.54) is 12.7 Å². The molecule has 0 aliphatic carbocycles. The van der Waals surface area contributed by atoms with Crippen molar-refractivity contribution in [3.05, 3.63) is 41.4 Å². The van der Waals surface area contributed by atoms with E-state index >= 15 is 0 Å². The van der Waals surface area contributed by atoms with E-state index in [2.05, 4.69) is 10.1 Å². The van der Waals surface area contributed by atoms with Gasteiger partial charge in [-0.1, -0.05) is 11.6 Å². The second kappa shape index (κ2) is 6.01. The Morgan fingerprint density at radius 3 is 2.58 bits per heavy atom. The minimum Gasteiger partial charge on any atom is -0.253 e. The van der Waals surface area contributed by atoms with Crippen molar-refractivity contribution in [1.82, 2.24) is 19.1 Å². The Labute approximate surface area is 140 Å². The molecule has 0 radical (unpaired) electrons. The molecule has 3 rings (SSSR count). The van der Waals surface area contributed by atoms with Gasteiger partial charge in [-0.3, -0.25) is 4.68 Å². The van der Waals surface area contributed by atoms with E-state index in [9.17, 15) is 21.6 Å². The zero-order chi connectivity index (χ0) is 17.5. The van der Waals surface area contributed by atoms with Crippen molar-refractivity contribution in [2.45, 2.75) is 17.6 Å². The molecule has 1 aliphatic heterocycles. The number of sulfonamides is 1. The summed E-state index contributed by atoms with van der Waals surface area (Å²) < 4.78 is 66.2. The van der Waals surface area contributed by atoms with Crippen molar-refractivity contribution >= 4 is 21.6 Å². The van der Waals surface area contributed by atoms with Gasteiger partial charge in [0, 0.05) is 25.6 Å². The fourth-order valence-corrected chi connectivity index (χ4v) is 4.30. The van der Waals surface area contributed by atoms with E-state index in [4.69, 9.17) is 11.6 Å². The van der Waals surface area contributed by atoms with Crippen LogP contribution in [0.25, 0.3) is 0 Å². The first kappa shape index (κ1) is 17.2. The van der Waals surface area contributed by atoms with Gasteiger partial charge >= 0.3 is 6.18 Å². The Kier molecular flexibility index (Phi) is 4.30. The van der Waals surface area contributed by atoms with Crippen LogP contribution in [0.2, 0.25) is 5.02 Å². The van der Waals surface area contributed by atoms with Gasteiger partial charge in [-0.15, -0.1) is 0 Å². The highest BCUT2D eigenvalue weighted by atomic mass is 35.5.